The lowest BCUT2D eigenvalue weighted by atomic mass is 10.4. The molecule has 0 fully saturated rings. The number of nitrogens with zero attached hydrogens (tertiary/aromatic N) is 3. The first kappa shape index (κ1) is 7.37. The average Bonchev–Trinajstić information content (AvgIpc) is 2.36. The van der Waals surface area contributed by atoms with Crippen LogP contribution in [0.1, 0.15) is 10.5 Å². The summed E-state index contributed by atoms with van der Waals surface area (Å²) < 4.78 is 1.34. The highest BCUT2D eigenvalue weighted by Gasteiger charge is 2.06. The largest absolute Gasteiger partial charge is 0.305 e. The number of carbonyl (C=O) groups excluding carboxylic acids is 2. The van der Waals surface area contributed by atoms with Crippen LogP contribution in [0.2, 0.25) is 0 Å². The summed E-state index contributed by atoms with van der Waals surface area (Å²) in [7, 11) is 1.59. The SMILES string of the molecule is Cn1nccc1C(=O)N=C=O. The monoisotopic (exact) mass is 151 g/mol. The highest BCUT2D eigenvalue weighted by molar-refractivity contribution is 5.95. The van der Waals surface area contributed by atoms with E-state index >= 15 is 0 Å². The average molecular weight is 151 g/mol. The molecule has 0 aliphatic carbocycles. The smallest absolute Gasteiger partial charge is 0.264 e. The summed E-state index contributed by atoms with van der Waals surface area (Å²) in [6.45, 7) is 0. The molecule has 1 heterocycles. The molecule has 0 aliphatic heterocycles. The van der Waals surface area contributed by atoms with Gasteiger partial charge in [-0.1, -0.05) is 0 Å². The van der Waals surface area contributed by atoms with Gasteiger partial charge in [-0.25, -0.2) is 4.79 Å². The summed E-state index contributed by atoms with van der Waals surface area (Å²) in [5.41, 5.74) is 0.272. The van der Waals surface area contributed by atoms with Crippen molar-refractivity contribution in [2.24, 2.45) is 12.0 Å². The van der Waals surface area contributed by atoms with Crippen molar-refractivity contribution in [3.63, 3.8) is 0 Å². The summed E-state index contributed by atoms with van der Waals surface area (Å²) in [6.07, 6.45) is 2.62. The first-order valence-electron chi connectivity index (χ1n) is 2.86. The van der Waals surface area contributed by atoms with Crippen molar-refractivity contribution in [3.8, 4) is 0 Å². The Bertz CT molecular complexity index is 322. The van der Waals surface area contributed by atoms with Crippen LogP contribution >= 0.6 is 0 Å². The van der Waals surface area contributed by atoms with E-state index in [2.05, 4.69) is 10.1 Å². The Labute approximate surface area is 62.4 Å². The van der Waals surface area contributed by atoms with Crippen LogP contribution in [0.3, 0.4) is 0 Å². The molecule has 0 saturated heterocycles. The van der Waals surface area contributed by atoms with Gasteiger partial charge in [0.2, 0.25) is 6.08 Å². The minimum Gasteiger partial charge on any atom is -0.264 e. The fourth-order valence-corrected chi connectivity index (χ4v) is 0.682. The molecular weight excluding hydrogens is 146 g/mol. The lowest BCUT2D eigenvalue weighted by molar-refractivity contribution is 0.0994. The van der Waals surface area contributed by atoms with Gasteiger partial charge in [0.1, 0.15) is 5.69 Å². The normalized spacial score (nSPS) is 8.82. The number of carbonyl (C=O) groups is 1. The van der Waals surface area contributed by atoms with Crippen LogP contribution in [0.5, 0.6) is 0 Å². The number of aliphatic imine (C=N–C) groups is 1. The Balaban J connectivity index is 3.02. The Morgan fingerprint density at radius 3 is 3.00 bits per heavy atom. The zero-order chi connectivity index (χ0) is 8.27. The maximum absolute atomic E-state index is 10.8. The van der Waals surface area contributed by atoms with Gasteiger partial charge >= 0.3 is 5.91 Å². The van der Waals surface area contributed by atoms with Gasteiger partial charge in [-0.2, -0.15) is 5.10 Å². The summed E-state index contributed by atoms with van der Waals surface area (Å²) in [5, 5.41) is 3.73. The molecule has 5 heteroatoms. The maximum atomic E-state index is 10.8. The van der Waals surface area contributed by atoms with Crippen molar-refractivity contribution in [1.82, 2.24) is 9.78 Å². The molecule has 0 spiro atoms. The number of rotatable bonds is 1. The van der Waals surface area contributed by atoms with Crippen LogP contribution in [-0.2, 0) is 11.8 Å². The van der Waals surface area contributed by atoms with E-state index in [1.54, 1.807) is 7.05 Å². The van der Waals surface area contributed by atoms with E-state index in [9.17, 15) is 9.59 Å². The Morgan fingerprint density at radius 2 is 2.55 bits per heavy atom. The molecule has 56 valence electrons. The summed E-state index contributed by atoms with van der Waals surface area (Å²) in [4.78, 5) is 23.4. The van der Waals surface area contributed by atoms with Crippen LogP contribution in [-0.4, -0.2) is 21.8 Å². The molecule has 5 nitrogen and oxygen atoms in total. The molecule has 0 radical (unpaired) electrons. The number of isocyanates is 1. The third-order valence-electron chi connectivity index (χ3n) is 1.19. The van der Waals surface area contributed by atoms with Crippen LogP contribution in [0.15, 0.2) is 17.3 Å². The van der Waals surface area contributed by atoms with Crippen molar-refractivity contribution in [3.05, 3.63) is 18.0 Å². The van der Waals surface area contributed by atoms with Crippen molar-refractivity contribution in [1.29, 1.82) is 0 Å². The molecule has 0 N–H and O–H groups in total. The van der Waals surface area contributed by atoms with E-state index in [1.165, 1.54) is 23.0 Å². The molecule has 1 aromatic heterocycles. The molecule has 0 aliphatic rings. The first-order valence-corrected chi connectivity index (χ1v) is 2.86. The van der Waals surface area contributed by atoms with E-state index in [4.69, 9.17) is 0 Å². The fourth-order valence-electron chi connectivity index (χ4n) is 0.682. The lowest BCUT2D eigenvalue weighted by Gasteiger charge is -1.91. The maximum Gasteiger partial charge on any atom is 0.305 e. The van der Waals surface area contributed by atoms with Gasteiger partial charge in [0.05, 0.1) is 0 Å². The Morgan fingerprint density at radius 1 is 1.82 bits per heavy atom. The van der Waals surface area contributed by atoms with Crippen molar-refractivity contribution < 1.29 is 9.59 Å². The highest BCUT2D eigenvalue weighted by atomic mass is 16.2. The van der Waals surface area contributed by atoms with Crippen molar-refractivity contribution >= 4 is 12.0 Å². The van der Waals surface area contributed by atoms with E-state index in [0.29, 0.717) is 0 Å². The van der Waals surface area contributed by atoms with E-state index < -0.39 is 5.91 Å². The predicted octanol–water partition coefficient (Wildman–Crippen LogP) is -0.104. The van der Waals surface area contributed by atoms with Crippen LogP contribution < -0.4 is 0 Å². The summed E-state index contributed by atoms with van der Waals surface area (Å²) >= 11 is 0. The Hall–Kier alpha value is -1.74. The number of hydrogen-bond donors (Lipinski definition) is 0. The second-order valence-corrected chi connectivity index (χ2v) is 1.85. The van der Waals surface area contributed by atoms with Gasteiger partial charge < -0.3 is 0 Å². The summed E-state index contributed by atoms with van der Waals surface area (Å²) in [6, 6.07) is 1.48. The minimum absolute atomic E-state index is 0.272. The second-order valence-electron chi connectivity index (χ2n) is 1.85. The van der Waals surface area contributed by atoms with Crippen molar-refractivity contribution in [2.45, 2.75) is 0 Å². The van der Waals surface area contributed by atoms with Gasteiger partial charge in [-0.3, -0.25) is 9.48 Å². The van der Waals surface area contributed by atoms with E-state index in [1.807, 2.05) is 0 Å². The molecule has 0 atom stereocenters. The molecule has 1 rings (SSSR count). The number of hydrogen-bond acceptors (Lipinski definition) is 3. The molecule has 1 amide bonds. The first-order chi connectivity index (χ1) is 5.25. The number of aromatic nitrogens is 2. The van der Waals surface area contributed by atoms with Crippen LogP contribution in [0.4, 0.5) is 0 Å². The molecule has 0 aromatic carbocycles. The predicted molar refractivity (Wildman–Crippen MR) is 35.7 cm³/mol. The third-order valence-corrected chi connectivity index (χ3v) is 1.19. The zero-order valence-electron chi connectivity index (χ0n) is 5.81. The fraction of sp³-hybridized carbons (Fsp3) is 0.167. The van der Waals surface area contributed by atoms with Gasteiger partial charge in [-0.05, 0) is 6.07 Å². The standard InChI is InChI=1S/C6H5N3O2/c1-9-5(2-3-8-9)6(11)7-4-10/h2-3H,1H3. The Kier molecular flexibility index (Phi) is 1.94. The lowest BCUT2D eigenvalue weighted by Crippen LogP contribution is -2.03. The molecule has 0 unspecified atom stereocenters. The molecular formula is C6H5N3O2. The minimum atomic E-state index is -0.625. The van der Waals surface area contributed by atoms with Gasteiger partial charge in [0.15, 0.2) is 0 Å². The zero-order valence-corrected chi connectivity index (χ0v) is 5.81. The second kappa shape index (κ2) is 2.90. The number of amides is 1. The summed E-state index contributed by atoms with van der Waals surface area (Å²) in [5.74, 6) is -0.625. The molecule has 11 heavy (non-hydrogen) atoms. The molecule has 0 saturated carbocycles. The van der Waals surface area contributed by atoms with Gasteiger partial charge in [0.25, 0.3) is 0 Å². The van der Waals surface area contributed by atoms with Gasteiger partial charge in [-0.15, -0.1) is 4.99 Å². The van der Waals surface area contributed by atoms with Gasteiger partial charge in [0, 0.05) is 13.2 Å². The van der Waals surface area contributed by atoms with Crippen LogP contribution in [0, 0.1) is 0 Å². The third kappa shape index (κ3) is 1.39. The van der Waals surface area contributed by atoms with Crippen LogP contribution in [0.25, 0.3) is 0 Å². The quantitative estimate of drug-likeness (QED) is 0.415. The topological polar surface area (TPSA) is 64.3 Å². The molecule has 0 bridgehead atoms. The van der Waals surface area contributed by atoms with E-state index in [0.717, 1.165) is 0 Å². The van der Waals surface area contributed by atoms with E-state index in [-0.39, 0.29) is 5.69 Å². The number of aryl methyl sites for hydroxylation is 1. The highest BCUT2D eigenvalue weighted by Crippen LogP contribution is 1.97. The van der Waals surface area contributed by atoms with Crippen molar-refractivity contribution in [2.75, 3.05) is 0 Å². The molecule has 1 aromatic rings.